The number of hydrogen-bond donors (Lipinski definition) is 3. The fraction of sp³-hybridized carbons (Fsp3) is 0.600. The van der Waals surface area contributed by atoms with E-state index in [1.54, 1.807) is 6.92 Å². The number of benzene rings is 1. The lowest BCUT2D eigenvalue weighted by atomic mass is 9.87. The highest BCUT2D eigenvalue weighted by Gasteiger charge is 2.21. The average molecular weight is 251 g/mol. The third-order valence-corrected chi connectivity index (χ3v) is 3.24. The fourth-order valence-electron chi connectivity index (χ4n) is 1.60. The normalized spacial score (nSPS) is 12.8. The zero-order valence-corrected chi connectivity index (χ0v) is 11.8. The van der Waals surface area contributed by atoms with Gasteiger partial charge in [-0.15, -0.1) is 0 Å². The van der Waals surface area contributed by atoms with Crippen molar-refractivity contribution in [2.24, 2.45) is 0 Å². The number of aliphatic hydroxyl groups is 2. The SMILES string of the molecule is CC(CO)(CO)NCc1ccc(C(C)(C)C)cc1. The maximum atomic E-state index is 9.19. The molecule has 3 nitrogen and oxygen atoms in total. The highest BCUT2D eigenvalue weighted by Crippen LogP contribution is 2.22. The minimum Gasteiger partial charge on any atom is -0.394 e. The summed E-state index contributed by atoms with van der Waals surface area (Å²) in [5.41, 5.74) is 1.99. The van der Waals surface area contributed by atoms with Crippen LogP contribution in [0.2, 0.25) is 0 Å². The van der Waals surface area contributed by atoms with E-state index in [1.165, 1.54) is 5.56 Å². The van der Waals surface area contributed by atoms with Gasteiger partial charge in [0.2, 0.25) is 0 Å². The molecule has 0 aromatic heterocycles. The lowest BCUT2D eigenvalue weighted by Crippen LogP contribution is -2.48. The van der Waals surface area contributed by atoms with Gasteiger partial charge in [0.1, 0.15) is 0 Å². The first kappa shape index (κ1) is 15.2. The molecule has 1 aromatic carbocycles. The topological polar surface area (TPSA) is 52.5 Å². The first-order chi connectivity index (χ1) is 8.30. The smallest absolute Gasteiger partial charge is 0.0633 e. The van der Waals surface area contributed by atoms with Crippen LogP contribution in [-0.2, 0) is 12.0 Å². The summed E-state index contributed by atoms with van der Waals surface area (Å²) >= 11 is 0. The molecule has 0 saturated carbocycles. The second-order valence-corrected chi connectivity index (χ2v) is 6.18. The summed E-state index contributed by atoms with van der Waals surface area (Å²) in [6.07, 6.45) is 0. The second-order valence-electron chi connectivity index (χ2n) is 6.18. The van der Waals surface area contributed by atoms with Gasteiger partial charge < -0.3 is 15.5 Å². The molecule has 1 aromatic rings. The summed E-state index contributed by atoms with van der Waals surface area (Å²) in [5, 5.41) is 21.6. The summed E-state index contributed by atoms with van der Waals surface area (Å²) in [6.45, 7) is 8.85. The first-order valence-corrected chi connectivity index (χ1v) is 6.37. The van der Waals surface area contributed by atoms with Crippen molar-refractivity contribution >= 4 is 0 Å². The van der Waals surface area contributed by atoms with E-state index < -0.39 is 5.54 Å². The third-order valence-electron chi connectivity index (χ3n) is 3.24. The molecule has 3 heteroatoms. The molecular weight excluding hydrogens is 226 g/mol. The van der Waals surface area contributed by atoms with E-state index in [1.807, 2.05) is 0 Å². The fourth-order valence-corrected chi connectivity index (χ4v) is 1.60. The third kappa shape index (κ3) is 4.09. The second kappa shape index (κ2) is 5.83. The minimum atomic E-state index is -0.622. The quantitative estimate of drug-likeness (QED) is 0.748. The van der Waals surface area contributed by atoms with Gasteiger partial charge >= 0.3 is 0 Å². The predicted molar refractivity (Wildman–Crippen MR) is 74.6 cm³/mol. The largest absolute Gasteiger partial charge is 0.394 e. The van der Waals surface area contributed by atoms with Gasteiger partial charge in [0.05, 0.1) is 18.8 Å². The molecule has 0 aliphatic carbocycles. The summed E-state index contributed by atoms with van der Waals surface area (Å²) in [5.74, 6) is 0. The predicted octanol–water partition coefficient (Wildman–Crippen LogP) is 1.82. The first-order valence-electron chi connectivity index (χ1n) is 6.37. The van der Waals surface area contributed by atoms with Crippen LogP contribution >= 0.6 is 0 Å². The van der Waals surface area contributed by atoms with Gasteiger partial charge in [-0.2, -0.15) is 0 Å². The molecule has 0 spiro atoms. The van der Waals surface area contributed by atoms with Crippen molar-refractivity contribution in [2.75, 3.05) is 13.2 Å². The average Bonchev–Trinajstić information content (AvgIpc) is 2.35. The highest BCUT2D eigenvalue weighted by molar-refractivity contribution is 5.27. The molecule has 0 atom stereocenters. The molecule has 0 aliphatic heterocycles. The minimum absolute atomic E-state index is 0.0798. The van der Waals surface area contributed by atoms with Crippen LogP contribution in [0.5, 0.6) is 0 Å². The Balaban J connectivity index is 2.65. The molecule has 3 N–H and O–H groups in total. The van der Waals surface area contributed by atoms with E-state index in [9.17, 15) is 10.2 Å². The molecule has 0 radical (unpaired) electrons. The summed E-state index contributed by atoms with van der Waals surface area (Å²) in [4.78, 5) is 0. The van der Waals surface area contributed by atoms with Crippen molar-refractivity contribution in [1.82, 2.24) is 5.32 Å². The monoisotopic (exact) mass is 251 g/mol. The zero-order chi connectivity index (χ0) is 13.8. The standard InChI is InChI=1S/C15H25NO2/c1-14(2,3)13-7-5-12(6-8-13)9-16-15(4,10-17)11-18/h5-8,16-18H,9-11H2,1-4H3. The Morgan fingerprint density at radius 2 is 1.44 bits per heavy atom. The summed E-state index contributed by atoms with van der Waals surface area (Å²) < 4.78 is 0. The van der Waals surface area contributed by atoms with Gasteiger partial charge in [0.15, 0.2) is 0 Å². The van der Waals surface area contributed by atoms with Gasteiger partial charge in [-0.3, -0.25) is 0 Å². The molecular formula is C15H25NO2. The van der Waals surface area contributed by atoms with E-state index in [-0.39, 0.29) is 18.6 Å². The van der Waals surface area contributed by atoms with Crippen molar-refractivity contribution < 1.29 is 10.2 Å². The van der Waals surface area contributed by atoms with Gasteiger partial charge in [-0.1, -0.05) is 45.0 Å². The Morgan fingerprint density at radius 3 is 1.83 bits per heavy atom. The maximum absolute atomic E-state index is 9.19. The van der Waals surface area contributed by atoms with E-state index in [4.69, 9.17) is 0 Å². The lowest BCUT2D eigenvalue weighted by molar-refractivity contribution is 0.103. The maximum Gasteiger partial charge on any atom is 0.0633 e. The van der Waals surface area contributed by atoms with E-state index in [0.29, 0.717) is 6.54 Å². The van der Waals surface area contributed by atoms with Crippen molar-refractivity contribution in [3.05, 3.63) is 35.4 Å². The number of aliphatic hydroxyl groups excluding tert-OH is 2. The van der Waals surface area contributed by atoms with Crippen LogP contribution in [0, 0.1) is 0 Å². The zero-order valence-electron chi connectivity index (χ0n) is 11.8. The van der Waals surface area contributed by atoms with Crippen molar-refractivity contribution in [2.45, 2.75) is 45.2 Å². The number of hydrogen-bond acceptors (Lipinski definition) is 3. The molecule has 0 unspecified atom stereocenters. The molecule has 0 fully saturated rings. The number of rotatable bonds is 5. The van der Waals surface area contributed by atoms with Crippen LogP contribution in [0.15, 0.2) is 24.3 Å². The Labute approximate surface area is 110 Å². The summed E-state index contributed by atoms with van der Waals surface area (Å²) in [6, 6.07) is 8.43. The molecule has 0 aliphatic rings. The van der Waals surface area contributed by atoms with Crippen LogP contribution in [0.1, 0.15) is 38.8 Å². The molecule has 18 heavy (non-hydrogen) atoms. The van der Waals surface area contributed by atoms with E-state index >= 15 is 0 Å². The Hall–Kier alpha value is -0.900. The van der Waals surface area contributed by atoms with Crippen LogP contribution in [0.3, 0.4) is 0 Å². The molecule has 0 bridgehead atoms. The van der Waals surface area contributed by atoms with Gasteiger partial charge in [0.25, 0.3) is 0 Å². The molecule has 0 heterocycles. The van der Waals surface area contributed by atoms with Gasteiger partial charge in [0, 0.05) is 6.54 Å². The van der Waals surface area contributed by atoms with Crippen LogP contribution < -0.4 is 5.32 Å². The molecule has 0 saturated heterocycles. The highest BCUT2D eigenvalue weighted by atomic mass is 16.3. The van der Waals surface area contributed by atoms with Crippen LogP contribution in [0.25, 0.3) is 0 Å². The van der Waals surface area contributed by atoms with Gasteiger partial charge in [-0.05, 0) is 23.5 Å². The van der Waals surface area contributed by atoms with Crippen LogP contribution in [-0.4, -0.2) is 29.0 Å². The van der Waals surface area contributed by atoms with Crippen LogP contribution in [0.4, 0.5) is 0 Å². The van der Waals surface area contributed by atoms with E-state index in [2.05, 4.69) is 50.4 Å². The Kier molecular flexibility index (Phi) is 4.91. The van der Waals surface area contributed by atoms with Crippen molar-refractivity contribution in [3.63, 3.8) is 0 Å². The van der Waals surface area contributed by atoms with Crippen molar-refractivity contribution in [1.29, 1.82) is 0 Å². The van der Waals surface area contributed by atoms with Crippen molar-refractivity contribution in [3.8, 4) is 0 Å². The lowest BCUT2D eigenvalue weighted by Gasteiger charge is -2.26. The van der Waals surface area contributed by atoms with Gasteiger partial charge in [-0.25, -0.2) is 0 Å². The Bertz CT molecular complexity index is 361. The number of nitrogens with one attached hydrogen (secondary N) is 1. The molecule has 1 rings (SSSR count). The van der Waals surface area contributed by atoms with E-state index in [0.717, 1.165) is 5.56 Å². The summed E-state index contributed by atoms with van der Waals surface area (Å²) in [7, 11) is 0. The Morgan fingerprint density at radius 1 is 0.944 bits per heavy atom. The molecule has 102 valence electrons. The molecule has 0 amide bonds.